The maximum atomic E-state index is 10.7. The molecule has 94 valence electrons. The van der Waals surface area contributed by atoms with Crippen molar-refractivity contribution in [2.75, 3.05) is 18.0 Å². The zero-order valence-corrected chi connectivity index (χ0v) is 10.3. The molecule has 1 aliphatic heterocycles. The van der Waals surface area contributed by atoms with Gasteiger partial charge in [-0.15, -0.1) is 0 Å². The van der Waals surface area contributed by atoms with Crippen molar-refractivity contribution in [3.63, 3.8) is 0 Å². The van der Waals surface area contributed by atoms with E-state index in [2.05, 4.69) is 18.8 Å². The van der Waals surface area contributed by atoms with E-state index >= 15 is 0 Å². The molecule has 5 nitrogen and oxygen atoms in total. The Morgan fingerprint density at radius 1 is 1.59 bits per heavy atom. The third-order valence-corrected chi connectivity index (χ3v) is 3.92. The summed E-state index contributed by atoms with van der Waals surface area (Å²) in [6, 6.07) is 0.436. The number of oxazole rings is 1. The van der Waals surface area contributed by atoms with E-state index in [9.17, 15) is 4.79 Å². The molecular formula is C12H18N2O3. The van der Waals surface area contributed by atoms with Gasteiger partial charge in [0, 0.05) is 13.1 Å². The van der Waals surface area contributed by atoms with Crippen LogP contribution in [0.1, 0.15) is 43.6 Å². The van der Waals surface area contributed by atoms with E-state index in [1.807, 2.05) is 4.90 Å². The monoisotopic (exact) mass is 238 g/mol. The van der Waals surface area contributed by atoms with Crippen molar-refractivity contribution >= 4 is 12.0 Å². The Labute approximate surface area is 100 Å². The molecule has 2 heterocycles. The Bertz CT molecular complexity index is 410. The minimum atomic E-state index is -1.04. The summed E-state index contributed by atoms with van der Waals surface area (Å²) in [5, 5.41) is 8.79. The number of hydrogen-bond donors (Lipinski definition) is 1. The zero-order chi connectivity index (χ0) is 12.5. The van der Waals surface area contributed by atoms with E-state index in [0.717, 1.165) is 32.4 Å². The lowest BCUT2D eigenvalue weighted by molar-refractivity contribution is 0.0690. The molecular weight excluding hydrogens is 220 g/mol. The highest BCUT2D eigenvalue weighted by Gasteiger charge is 2.36. The zero-order valence-electron chi connectivity index (χ0n) is 10.3. The van der Waals surface area contributed by atoms with E-state index in [4.69, 9.17) is 9.52 Å². The van der Waals surface area contributed by atoms with Crippen molar-refractivity contribution in [3.05, 3.63) is 12.0 Å². The molecule has 0 spiro atoms. The molecule has 1 N–H and O–H groups in total. The number of carboxylic acid groups (broad SMARTS) is 1. The van der Waals surface area contributed by atoms with Crippen LogP contribution in [0.4, 0.5) is 6.01 Å². The fourth-order valence-electron chi connectivity index (χ4n) is 2.43. The van der Waals surface area contributed by atoms with Crippen LogP contribution in [0.15, 0.2) is 10.7 Å². The summed E-state index contributed by atoms with van der Waals surface area (Å²) in [4.78, 5) is 16.8. The Kier molecular flexibility index (Phi) is 3.09. The maximum Gasteiger partial charge on any atom is 0.357 e. The molecule has 0 aliphatic carbocycles. The standard InChI is InChI=1S/C12H18N2O3/c1-3-12(4-2)5-6-14(8-12)11-13-9(7-17-11)10(15)16/h7H,3-6,8H2,1-2H3,(H,15,16). The Hall–Kier alpha value is -1.52. The molecule has 0 saturated carbocycles. The van der Waals surface area contributed by atoms with Gasteiger partial charge in [-0.25, -0.2) is 4.79 Å². The minimum absolute atomic E-state index is 0.0227. The number of aromatic carboxylic acids is 1. The number of hydrogen-bond acceptors (Lipinski definition) is 4. The highest BCUT2D eigenvalue weighted by atomic mass is 16.4. The first kappa shape index (κ1) is 12.0. The van der Waals surface area contributed by atoms with E-state index in [1.165, 1.54) is 6.26 Å². The van der Waals surface area contributed by atoms with Crippen LogP contribution in [-0.4, -0.2) is 29.1 Å². The van der Waals surface area contributed by atoms with Crippen LogP contribution in [-0.2, 0) is 0 Å². The van der Waals surface area contributed by atoms with E-state index in [0.29, 0.717) is 11.4 Å². The SMILES string of the molecule is CCC1(CC)CCN(c2nc(C(=O)O)co2)C1. The van der Waals surface area contributed by atoms with Crippen LogP contribution in [0.25, 0.3) is 0 Å². The highest BCUT2D eigenvalue weighted by molar-refractivity contribution is 5.85. The average molecular weight is 238 g/mol. The van der Waals surface area contributed by atoms with Crippen molar-refractivity contribution in [3.8, 4) is 0 Å². The topological polar surface area (TPSA) is 66.6 Å². The molecule has 0 atom stereocenters. The smallest absolute Gasteiger partial charge is 0.357 e. The van der Waals surface area contributed by atoms with Gasteiger partial charge in [-0.05, 0) is 24.7 Å². The molecule has 0 radical (unpaired) electrons. The van der Waals surface area contributed by atoms with Gasteiger partial charge in [-0.1, -0.05) is 13.8 Å². The first-order chi connectivity index (χ1) is 8.10. The molecule has 1 aromatic heterocycles. The van der Waals surface area contributed by atoms with E-state index < -0.39 is 5.97 Å². The number of aromatic nitrogens is 1. The van der Waals surface area contributed by atoms with E-state index in [1.54, 1.807) is 0 Å². The molecule has 0 aromatic carbocycles. The third kappa shape index (κ3) is 2.14. The van der Waals surface area contributed by atoms with Gasteiger partial charge in [0.25, 0.3) is 6.01 Å². The normalized spacial score (nSPS) is 18.6. The number of anilines is 1. The van der Waals surface area contributed by atoms with Crippen LogP contribution >= 0.6 is 0 Å². The van der Waals surface area contributed by atoms with Crippen LogP contribution < -0.4 is 4.90 Å². The predicted molar refractivity (Wildman–Crippen MR) is 63.3 cm³/mol. The Morgan fingerprint density at radius 2 is 2.29 bits per heavy atom. The summed E-state index contributed by atoms with van der Waals surface area (Å²) in [5.41, 5.74) is 0.309. The summed E-state index contributed by atoms with van der Waals surface area (Å²) in [7, 11) is 0. The second-order valence-electron chi connectivity index (χ2n) is 4.70. The Morgan fingerprint density at radius 3 is 2.76 bits per heavy atom. The summed E-state index contributed by atoms with van der Waals surface area (Å²) in [6.07, 6.45) is 4.58. The predicted octanol–water partition coefficient (Wildman–Crippen LogP) is 2.39. The lowest BCUT2D eigenvalue weighted by atomic mass is 9.82. The molecule has 0 unspecified atom stereocenters. The van der Waals surface area contributed by atoms with Gasteiger partial charge in [0.2, 0.25) is 0 Å². The Balaban J connectivity index is 2.12. The third-order valence-electron chi connectivity index (χ3n) is 3.92. The number of nitrogens with zero attached hydrogens (tertiary/aromatic N) is 2. The van der Waals surface area contributed by atoms with Crippen molar-refractivity contribution in [2.24, 2.45) is 5.41 Å². The lowest BCUT2D eigenvalue weighted by Gasteiger charge is -2.25. The summed E-state index contributed by atoms with van der Waals surface area (Å²) in [6.45, 7) is 6.19. The van der Waals surface area contributed by atoms with Crippen LogP contribution in [0.3, 0.4) is 0 Å². The van der Waals surface area contributed by atoms with Crippen molar-refractivity contribution < 1.29 is 14.3 Å². The van der Waals surface area contributed by atoms with Crippen LogP contribution in [0, 0.1) is 5.41 Å². The fourth-order valence-corrected chi connectivity index (χ4v) is 2.43. The maximum absolute atomic E-state index is 10.7. The largest absolute Gasteiger partial charge is 0.476 e. The summed E-state index contributed by atoms with van der Waals surface area (Å²) < 4.78 is 5.23. The quantitative estimate of drug-likeness (QED) is 0.872. The molecule has 0 bridgehead atoms. The highest BCUT2D eigenvalue weighted by Crippen LogP contribution is 2.38. The second-order valence-corrected chi connectivity index (χ2v) is 4.70. The summed E-state index contributed by atoms with van der Waals surface area (Å²) >= 11 is 0. The molecule has 5 heteroatoms. The van der Waals surface area contributed by atoms with Gasteiger partial charge in [-0.3, -0.25) is 0 Å². The molecule has 1 aromatic rings. The van der Waals surface area contributed by atoms with Gasteiger partial charge < -0.3 is 14.4 Å². The van der Waals surface area contributed by atoms with Gasteiger partial charge >= 0.3 is 5.97 Å². The van der Waals surface area contributed by atoms with Gasteiger partial charge in [-0.2, -0.15) is 4.98 Å². The van der Waals surface area contributed by atoms with Crippen molar-refractivity contribution in [1.82, 2.24) is 4.98 Å². The fraction of sp³-hybridized carbons (Fsp3) is 0.667. The molecule has 2 rings (SSSR count). The molecule has 0 amide bonds. The van der Waals surface area contributed by atoms with Gasteiger partial charge in [0.15, 0.2) is 5.69 Å². The first-order valence-corrected chi connectivity index (χ1v) is 6.04. The van der Waals surface area contributed by atoms with Gasteiger partial charge in [0.1, 0.15) is 6.26 Å². The second kappa shape index (κ2) is 4.39. The van der Waals surface area contributed by atoms with Crippen molar-refractivity contribution in [1.29, 1.82) is 0 Å². The van der Waals surface area contributed by atoms with E-state index in [-0.39, 0.29) is 5.69 Å². The minimum Gasteiger partial charge on any atom is -0.476 e. The molecule has 17 heavy (non-hydrogen) atoms. The molecule has 1 saturated heterocycles. The first-order valence-electron chi connectivity index (χ1n) is 6.04. The summed E-state index contributed by atoms with van der Waals surface area (Å²) in [5.74, 6) is -1.04. The van der Waals surface area contributed by atoms with Crippen LogP contribution in [0.2, 0.25) is 0 Å². The van der Waals surface area contributed by atoms with Crippen molar-refractivity contribution in [2.45, 2.75) is 33.1 Å². The van der Waals surface area contributed by atoms with Gasteiger partial charge in [0.05, 0.1) is 0 Å². The number of carbonyl (C=O) groups is 1. The number of carboxylic acids is 1. The molecule has 1 fully saturated rings. The molecule has 1 aliphatic rings. The average Bonchev–Trinajstić information content (AvgIpc) is 2.96. The van der Waals surface area contributed by atoms with Crippen LogP contribution in [0.5, 0.6) is 0 Å². The number of rotatable bonds is 4. The lowest BCUT2D eigenvalue weighted by Crippen LogP contribution is -2.26.